The van der Waals surface area contributed by atoms with Crippen LogP contribution in [0.2, 0.25) is 0 Å². The quantitative estimate of drug-likeness (QED) is 0.667. The highest BCUT2D eigenvalue weighted by Gasteiger charge is 2.24. The number of alkyl carbamates (subject to hydrolysis) is 1. The number of carbonyl (C=O) groups is 2. The average Bonchev–Trinajstić information content (AvgIpc) is 2.28. The number of carbonyl (C=O) groups excluding carboxylic acids is 1. The zero-order valence-electron chi connectivity index (χ0n) is 12.0. The number of amides is 1. The van der Waals surface area contributed by atoms with Crippen LogP contribution in [0.4, 0.5) is 4.79 Å². The summed E-state index contributed by atoms with van der Waals surface area (Å²) < 4.78 is 5.78. The van der Waals surface area contributed by atoms with E-state index in [9.17, 15) is 19.8 Å². The van der Waals surface area contributed by atoms with E-state index in [4.69, 9.17) is 4.74 Å². The summed E-state index contributed by atoms with van der Waals surface area (Å²) in [5.74, 6) is -1.04. The van der Waals surface area contributed by atoms with Gasteiger partial charge in [0.2, 0.25) is 0 Å². The van der Waals surface area contributed by atoms with Crippen molar-refractivity contribution in [3.05, 3.63) is 27.3 Å². The van der Waals surface area contributed by atoms with Gasteiger partial charge in [0.15, 0.2) is 0 Å². The van der Waals surface area contributed by atoms with Gasteiger partial charge in [0.25, 0.3) is 0 Å². The average molecular weight is 407 g/mol. The smallest absolute Gasteiger partial charge is 0.408 e. The normalized spacial score (nSPS) is 12.6. The van der Waals surface area contributed by atoms with Crippen molar-refractivity contribution in [2.45, 2.75) is 38.8 Å². The summed E-state index contributed by atoms with van der Waals surface area (Å²) in [7, 11) is 0. The number of carboxylic acid groups (broad SMARTS) is 1. The number of phenols is 1. The Morgan fingerprint density at radius 2 is 2.00 bits per heavy atom. The van der Waals surface area contributed by atoms with Crippen molar-refractivity contribution < 1.29 is 24.5 Å². The Balaban J connectivity index is 2.79. The molecule has 1 aromatic rings. The number of hydrogen-bond acceptors (Lipinski definition) is 4. The first kappa shape index (κ1) is 17.5. The van der Waals surface area contributed by atoms with Gasteiger partial charge in [0, 0.05) is 9.99 Å². The highest BCUT2D eigenvalue weighted by atomic mass is 127. The predicted molar refractivity (Wildman–Crippen MR) is 85.3 cm³/mol. The van der Waals surface area contributed by atoms with Crippen molar-refractivity contribution in [2.75, 3.05) is 0 Å². The molecule has 21 heavy (non-hydrogen) atoms. The number of hydrogen-bond donors (Lipinski definition) is 3. The fraction of sp³-hybridized carbons (Fsp3) is 0.429. The molecular weight excluding hydrogens is 389 g/mol. The summed E-state index contributed by atoms with van der Waals surface area (Å²) in [4.78, 5) is 22.9. The van der Waals surface area contributed by atoms with Crippen molar-refractivity contribution in [2.24, 2.45) is 0 Å². The van der Waals surface area contributed by atoms with E-state index in [-0.39, 0.29) is 12.2 Å². The molecule has 0 saturated carbocycles. The first-order valence-corrected chi connectivity index (χ1v) is 7.36. The van der Waals surface area contributed by atoms with Crippen LogP contribution in [0.3, 0.4) is 0 Å². The second kappa shape index (κ2) is 6.97. The van der Waals surface area contributed by atoms with E-state index < -0.39 is 23.7 Å². The Bertz CT molecular complexity index is 539. The minimum Gasteiger partial charge on any atom is -0.508 e. The molecule has 1 amide bonds. The summed E-state index contributed by atoms with van der Waals surface area (Å²) in [6.45, 7) is 5.10. The predicted octanol–water partition coefficient (Wildman–Crippen LogP) is 2.52. The molecule has 0 bridgehead atoms. The van der Waals surface area contributed by atoms with Gasteiger partial charge in [-0.05, 0) is 61.1 Å². The van der Waals surface area contributed by atoms with Gasteiger partial charge in [-0.3, -0.25) is 0 Å². The number of benzene rings is 1. The van der Waals surface area contributed by atoms with Crippen LogP contribution in [-0.2, 0) is 16.0 Å². The van der Waals surface area contributed by atoms with Crippen LogP contribution in [0.15, 0.2) is 18.2 Å². The van der Waals surface area contributed by atoms with E-state index in [1.54, 1.807) is 26.8 Å². The van der Waals surface area contributed by atoms with Gasteiger partial charge in [-0.1, -0.05) is 6.07 Å². The second-order valence-corrected chi connectivity index (χ2v) is 6.68. The lowest BCUT2D eigenvalue weighted by molar-refractivity contribution is -0.139. The lowest BCUT2D eigenvalue weighted by Gasteiger charge is -2.22. The number of ether oxygens (including phenoxy) is 1. The number of halogens is 1. The minimum absolute atomic E-state index is 0.104. The van der Waals surface area contributed by atoms with E-state index in [1.165, 1.54) is 12.1 Å². The summed E-state index contributed by atoms with van der Waals surface area (Å²) >= 11 is 2.00. The third-order valence-corrected chi connectivity index (χ3v) is 3.45. The lowest BCUT2D eigenvalue weighted by Crippen LogP contribution is -2.44. The van der Waals surface area contributed by atoms with Gasteiger partial charge in [0.05, 0.1) is 0 Å². The SMILES string of the molecule is CC(C)(C)OC(=O)N[C@H](Cc1ccc(O)cc1I)C(=O)O. The number of rotatable bonds is 4. The van der Waals surface area contributed by atoms with Gasteiger partial charge >= 0.3 is 12.1 Å². The Labute approximate surface area is 136 Å². The van der Waals surface area contributed by atoms with E-state index in [0.29, 0.717) is 0 Å². The molecule has 0 aliphatic heterocycles. The molecule has 0 heterocycles. The molecule has 1 atom stereocenters. The molecule has 1 rings (SSSR count). The van der Waals surface area contributed by atoms with Crippen molar-refractivity contribution in [3.63, 3.8) is 0 Å². The number of nitrogens with one attached hydrogen (secondary N) is 1. The molecule has 0 spiro atoms. The van der Waals surface area contributed by atoms with Gasteiger partial charge in [-0.2, -0.15) is 0 Å². The van der Waals surface area contributed by atoms with Crippen LogP contribution in [0, 0.1) is 3.57 Å². The molecule has 6 nitrogen and oxygen atoms in total. The van der Waals surface area contributed by atoms with Gasteiger partial charge in [-0.15, -0.1) is 0 Å². The van der Waals surface area contributed by atoms with Crippen LogP contribution in [0.5, 0.6) is 5.75 Å². The highest BCUT2D eigenvalue weighted by molar-refractivity contribution is 14.1. The van der Waals surface area contributed by atoms with Crippen molar-refractivity contribution in [3.8, 4) is 5.75 Å². The maximum Gasteiger partial charge on any atom is 0.408 e. The maximum atomic E-state index is 11.7. The zero-order valence-corrected chi connectivity index (χ0v) is 14.2. The summed E-state index contributed by atoms with van der Waals surface area (Å²) in [6.07, 6.45) is -0.670. The Morgan fingerprint density at radius 3 is 2.48 bits per heavy atom. The zero-order chi connectivity index (χ0) is 16.2. The number of carboxylic acids is 1. The molecule has 0 fully saturated rings. The fourth-order valence-electron chi connectivity index (χ4n) is 1.57. The molecule has 0 radical (unpaired) electrons. The van der Waals surface area contributed by atoms with Crippen molar-refractivity contribution in [1.82, 2.24) is 5.32 Å². The molecule has 0 aliphatic rings. The standard InChI is InChI=1S/C14H18INO5/c1-14(2,3)21-13(20)16-11(12(18)19)6-8-4-5-9(17)7-10(8)15/h4-5,7,11,17H,6H2,1-3H3,(H,16,20)(H,18,19)/t11-/m1/s1. The molecular formula is C14H18INO5. The van der Waals surface area contributed by atoms with Crippen molar-refractivity contribution in [1.29, 1.82) is 0 Å². The third kappa shape index (κ3) is 6.19. The molecule has 116 valence electrons. The van der Waals surface area contributed by atoms with E-state index in [0.717, 1.165) is 9.13 Å². The van der Waals surface area contributed by atoms with Crippen LogP contribution in [-0.4, -0.2) is 33.9 Å². The first-order valence-electron chi connectivity index (χ1n) is 6.28. The molecule has 0 unspecified atom stereocenters. The number of phenolic OH excluding ortho intramolecular Hbond substituents is 1. The van der Waals surface area contributed by atoms with Crippen LogP contribution in [0.1, 0.15) is 26.3 Å². The summed E-state index contributed by atoms with van der Waals surface area (Å²) in [5.41, 5.74) is 0.0250. The third-order valence-electron chi connectivity index (χ3n) is 2.45. The lowest BCUT2D eigenvalue weighted by atomic mass is 10.1. The topological polar surface area (TPSA) is 95.9 Å². The van der Waals surface area contributed by atoms with Gasteiger partial charge < -0.3 is 20.3 Å². The van der Waals surface area contributed by atoms with Crippen LogP contribution in [0.25, 0.3) is 0 Å². The number of aliphatic carboxylic acids is 1. The second-order valence-electron chi connectivity index (χ2n) is 5.52. The number of aromatic hydroxyl groups is 1. The molecule has 1 aromatic carbocycles. The molecule has 3 N–H and O–H groups in total. The monoisotopic (exact) mass is 407 g/mol. The Kier molecular flexibility index (Phi) is 5.82. The Morgan fingerprint density at radius 1 is 1.38 bits per heavy atom. The van der Waals surface area contributed by atoms with Crippen LogP contribution < -0.4 is 5.32 Å². The van der Waals surface area contributed by atoms with Gasteiger partial charge in [0.1, 0.15) is 17.4 Å². The van der Waals surface area contributed by atoms with Gasteiger partial charge in [-0.25, -0.2) is 9.59 Å². The Hall–Kier alpha value is -1.51. The van der Waals surface area contributed by atoms with Crippen molar-refractivity contribution >= 4 is 34.7 Å². The van der Waals surface area contributed by atoms with E-state index >= 15 is 0 Å². The molecule has 0 aromatic heterocycles. The molecule has 0 saturated heterocycles. The van der Waals surface area contributed by atoms with E-state index in [1.807, 2.05) is 22.6 Å². The van der Waals surface area contributed by atoms with Crippen LogP contribution >= 0.6 is 22.6 Å². The molecule has 0 aliphatic carbocycles. The highest BCUT2D eigenvalue weighted by Crippen LogP contribution is 2.20. The largest absolute Gasteiger partial charge is 0.508 e. The minimum atomic E-state index is -1.15. The maximum absolute atomic E-state index is 11.7. The molecule has 7 heteroatoms. The van der Waals surface area contributed by atoms with E-state index in [2.05, 4.69) is 5.32 Å². The summed E-state index contributed by atoms with van der Waals surface area (Å²) in [6, 6.07) is 3.54. The summed E-state index contributed by atoms with van der Waals surface area (Å²) in [5, 5.41) is 20.9. The first-order chi connectivity index (χ1) is 9.58. The fourth-order valence-corrected chi connectivity index (χ4v) is 2.29.